The van der Waals surface area contributed by atoms with Gasteiger partial charge >= 0.3 is 0 Å². The molecule has 0 aliphatic heterocycles. The Kier molecular flexibility index (Phi) is 49.7. The topological polar surface area (TPSA) is 196 Å². The van der Waals surface area contributed by atoms with Crippen LogP contribution in [0.5, 0.6) is 0 Å². The van der Waals surface area contributed by atoms with E-state index in [1.165, 1.54) is 12.8 Å². The third kappa shape index (κ3) is 33.1. The second-order valence-corrected chi connectivity index (χ2v) is 44.6. The van der Waals surface area contributed by atoms with Crippen molar-refractivity contribution in [2.75, 3.05) is 249 Å². The average Bonchev–Trinajstić information content (AvgIpc) is 0.797. The van der Waals surface area contributed by atoms with Gasteiger partial charge in [0, 0.05) is 180 Å². The normalized spacial score (nSPS) is 12.3. The maximum atomic E-state index is 12.1. The van der Waals surface area contributed by atoms with Crippen LogP contribution in [0, 0.1) is 31.6 Å². The molecule has 0 saturated heterocycles. The predicted octanol–water partition coefficient (Wildman–Crippen LogP) is 17.4. The molecular weight excluding hydrogens is 1730 g/mol. The summed E-state index contributed by atoms with van der Waals surface area (Å²) in [7, 11) is 19.9. The molecule has 0 radical (unpaired) electrons. The fraction of sp³-hybridized carbons (Fsp3) is 0.720. The lowest BCUT2D eigenvalue weighted by Crippen LogP contribution is -2.39. The molecule has 0 aliphatic rings. The number of nitrogens with zero attached hydrogens (tertiary/aromatic N) is 12. The molecule has 7 aromatic rings. The van der Waals surface area contributed by atoms with Crippen LogP contribution in [-0.2, 0) is 37.9 Å². The molecule has 0 unspecified atom stereocenters. The lowest BCUT2D eigenvalue weighted by atomic mass is 9.82. The van der Waals surface area contributed by atoms with Crippen LogP contribution < -0.4 is 83.4 Å². The molecule has 0 spiro atoms. The van der Waals surface area contributed by atoms with Crippen molar-refractivity contribution < 1.29 is 0 Å². The molecule has 0 saturated carbocycles. The van der Waals surface area contributed by atoms with Crippen LogP contribution in [0.15, 0.2) is 33.6 Å². The molecule has 0 fully saturated rings. The Morgan fingerprint density at radius 1 is 0.234 bits per heavy atom. The minimum atomic E-state index is -0.0663. The van der Waals surface area contributed by atoms with E-state index in [0.29, 0.717) is 44.7 Å². The highest BCUT2D eigenvalue weighted by atomic mass is 32.1. The van der Waals surface area contributed by atoms with Crippen molar-refractivity contribution in [3.63, 3.8) is 0 Å². The average molecular weight is 1910 g/mol. The minimum Gasteiger partial charge on any atom is -0.370 e. The molecule has 128 heavy (non-hydrogen) atoms. The third-order valence-corrected chi connectivity index (χ3v) is 26.0. The zero-order valence-electron chi connectivity index (χ0n) is 87.0. The molecule has 7 aromatic carbocycles. The van der Waals surface area contributed by atoms with Crippen LogP contribution >= 0.6 is 85.5 Å². The Balaban J connectivity index is 0.000000748. The Hall–Kier alpha value is -5.18. The van der Waals surface area contributed by atoms with E-state index in [1.807, 2.05) is 71.1 Å². The van der Waals surface area contributed by atoms with E-state index in [-0.39, 0.29) is 75.9 Å². The van der Waals surface area contributed by atoms with Gasteiger partial charge in [-0.15, -0.1) is 0 Å². The van der Waals surface area contributed by atoms with Gasteiger partial charge in [-0.2, -0.15) is 0 Å². The van der Waals surface area contributed by atoms with E-state index in [2.05, 4.69) is 264 Å². The van der Waals surface area contributed by atoms with Gasteiger partial charge in [0.25, 0.3) is 0 Å². The predicted molar refractivity (Wildman–Crippen MR) is 576 cm³/mol. The molecule has 7 rings (SSSR count). The lowest BCUT2D eigenvalue weighted by molar-refractivity contribution is 0.281. The minimum absolute atomic E-state index is 0.00845. The number of rotatable bonds is 39. The van der Waals surface area contributed by atoms with E-state index in [9.17, 15) is 33.6 Å². The molecule has 0 heterocycles. The van der Waals surface area contributed by atoms with Gasteiger partial charge in [0.2, 0.25) is 38.0 Å². The maximum absolute atomic E-state index is 12.1. The smallest absolute Gasteiger partial charge is 0.220 e. The molecule has 0 aliphatic carbocycles. The SMILES string of the molecule is CCCN(C)CCN(C)c1c(C(C)(C)C)c(=S)c1=O.CCCN(CC)CCN(C)c1c(C(C)(C)C)c(=S)c1=O.CCCN(CCC)CCN(C)c1c(C(C)(C)C)c(=S)c1=O.CCN(C)CCN(C)c1c(C(C)(C)C)c(=S)c1=O.CCN(CC)CCN(C)c1c(C(C)(C)C)c(=S)c1=O.CN(CCN)c1c(C(C)(C)C)c(=S)c1=O.CNCCN(C)c1c(C(C)(C)C)c(=S)c1=O. The van der Waals surface area contributed by atoms with Crippen molar-refractivity contribution in [1.29, 1.82) is 0 Å². The Morgan fingerprint density at radius 3 is 0.617 bits per heavy atom. The Labute approximate surface area is 810 Å². The number of nitrogens with two attached hydrogens (primary N) is 1. The summed E-state index contributed by atoms with van der Waals surface area (Å²) in [6.07, 6.45) is 4.65. The first-order chi connectivity index (χ1) is 58.7. The Morgan fingerprint density at radius 2 is 0.422 bits per heavy atom. The van der Waals surface area contributed by atoms with E-state index in [1.54, 1.807) is 0 Å². The van der Waals surface area contributed by atoms with Crippen molar-refractivity contribution in [3.8, 4) is 0 Å². The van der Waals surface area contributed by atoms with E-state index in [0.717, 1.165) is 222 Å². The van der Waals surface area contributed by atoms with Gasteiger partial charge in [-0.3, -0.25) is 33.6 Å². The van der Waals surface area contributed by atoms with Crippen LogP contribution in [0.4, 0.5) is 39.8 Å². The second kappa shape index (κ2) is 52.6. The van der Waals surface area contributed by atoms with Crippen LogP contribution in [0.2, 0.25) is 0 Å². The molecular formula is C100H172N14O7S7. The first kappa shape index (κ1) is 121. The van der Waals surface area contributed by atoms with Crippen LogP contribution in [-0.4, -0.2) is 239 Å². The molecule has 0 aromatic heterocycles. The van der Waals surface area contributed by atoms with Crippen molar-refractivity contribution in [3.05, 3.63) is 142 Å². The molecule has 0 bridgehead atoms. The number of likely N-dealkylation sites (N-methyl/N-ethyl adjacent to an activating group) is 12. The summed E-state index contributed by atoms with van der Waals surface area (Å²) in [4.78, 5) is 109. The van der Waals surface area contributed by atoms with Crippen LogP contribution in [0.3, 0.4) is 0 Å². The molecule has 28 heteroatoms. The molecule has 0 atom stereocenters. The molecule has 3 N–H and O–H groups in total. The zero-order chi connectivity index (χ0) is 99.7. The van der Waals surface area contributed by atoms with Gasteiger partial charge in [0.15, 0.2) is 0 Å². The van der Waals surface area contributed by atoms with Gasteiger partial charge in [-0.25, -0.2) is 0 Å². The van der Waals surface area contributed by atoms with Gasteiger partial charge < -0.3 is 69.8 Å². The zero-order valence-corrected chi connectivity index (χ0v) is 92.8. The summed E-state index contributed by atoms with van der Waals surface area (Å²) in [6, 6.07) is 0. The number of anilines is 7. The number of hydrogen-bond acceptors (Lipinski definition) is 28. The molecule has 21 nitrogen and oxygen atoms in total. The van der Waals surface area contributed by atoms with Crippen LogP contribution in [0.25, 0.3) is 0 Å². The highest BCUT2D eigenvalue weighted by Gasteiger charge is 2.37. The van der Waals surface area contributed by atoms with Crippen molar-refractivity contribution in [2.24, 2.45) is 5.73 Å². The second-order valence-electron chi connectivity index (χ2n) is 41.8. The summed E-state index contributed by atoms with van der Waals surface area (Å²) >= 11 is 36.3. The standard InChI is InChI=1S/C17H30N2OS.C16H28N2OS.2C15H26N2OS.C14H24N2OS.C12H20N2OS.C11H18N2OS/c1-7-9-19(10-8-2)12-11-18(6)14-13(17(3,4)5)16(21)15(14)20;1-7-9-18(8-2)11-10-17(6)13-12(16(3,4)5)15(20)14(13)19;1-7-8-16(5)9-10-17(6)12-11(15(2,3)4)14(19)13(12)18;1-7-17(8-2)10-9-16(6)12-11(15(3,4)5)14(19)13(12)18;1-7-15(5)8-9-16(6)11-10(14(2,3)4)13(18)12(11)17;1-12(2,3)8-9(10(15)11(8)16)14(5)7-6-13-4;1-11(2,3)7-8(9(14)10(7)15)13(4)6-5-12/h7-12H2,1-6H3;7-11H2,1-6H3;2*7-10H2,1-6H3;7-9H2,1-6H3;13H,6-7H2,1-5H3;5-6,12H2,1-4H3. The van der Waals surface area contributed by atoms with Crippen LogP contribution in [0.1, 0.15) is 265 Å². The van der Waals surface area contributed by atoms with Gasteiger partial charge in [-0.05, 0) is 137 Å². The summed E-state index contributed by atoms with van der Waals surface area (Å²) in [5.41, 5.74) is 18.3. The summed E-state index contributed by atoms with van der Waals surface area (Å²) in [6.45, 7) is 82.3. The summed E-state index contributed by atoms with van der Waals surface area (Å²) in [5.74, 6) is 0. The highest BCUT2D eigenvalue weighted by molar-refractivity contribution is 7.72. The van der Waals surface area contributed by atoms with E-state index >= 15 is 0 Å². The third-order valence-electron chi connectivity index (χ3n) is 23.3. The summed E-state index contributed by atoms with van der Waals surface area (Å²) < 4.78 is 3.63. The summed E-state index contributed by atoms with van der Waals surface area (Å²) in [5, 5.41) is 3.07. The van der Waals surface area contributed by atoms with Gasteiger partial charge in [-0.1, -0.05) is 286 Å². The van der Waals surface area contributed by atoms with Gasteiger partial charge in [0.1, 0.15) is 0 Å². The fourth-order valence-corrected chi connectivity index (χ4v) is 19.2. The lowest BCUT2D eigenvalue weighted by Gasteiger charge is -2.32. The first-order valence-electron chi connectivity index (χ1n) is 46.4. The number of nitrogens with one attached hydrogen (secondary N) is 1. The quantitative estimate of drug-likeness (QED) is 0.0345. The van der Waals surface area contributed by atoms with Crippen molar-refractivity contribution >= 4 is 125 Å². The van der Waals surface area contributed by atoms with Crippen molar-refractivity contribution in [1.82, 2.24) is 29.8 Å². The largest absolute Gasteiger partial charge is 0.370 e. The van der Waals surface area contributed by atoms with E-state index < -0.39 is 0 Å². The van der Waals surface area contributed by atoms with E-state index in [4.69, 9.17) is 91.3 Å². The maximum Gasteiger partial charge on any atom is 0.220 e. The number of hydrogen-bond donors (Lipinski definition) is 2. The van der Waals surface area contributed by atoms with Crippen molar-refractivity contribution in [2.45, 2.75) is 264 Å². The Bertz CT molecular complexity index is 5140. The molecule has 726 valence electrons. The first-order valence-corrected chi connectivity index (χ1v) is 49.3. The fourth-order valence-electron chi connectivity index (χ4n) is 15.8. The van der Waals surface area contributed by atoms with Gasteiger partial charge in [0.05, 0.1) is 71.4 Å². The molecule has 0 amide bonds. The monoisotopic (exact) mass is 1910 g/mol. The highest BCUT2D eigenvalue weighted by Crippen LogP contribution is 2.39.